The molecule has 1 unspecified atom stereocenters. The fourth-order valence-corrected chi connectivity index (χ4v) is 1.32. The molecule has 1 aromatic rings. The molecular formula is C12H13N3O3. The van der Waals surface area contributed by atoms with Crippen LogP contribution in [0.1, 0.15) is 28.7 Å². The number of rotatable bonds is 3. The van der Waals surface area contributed by atoms with Crippen LogP contribution in [-0.2, 0) is 4.79 Å². The summed E-state index contributed by atoms with van der Waals surface area (Å²) >= 11 is 0. The number of aliphatic carboxylic acids is 1. The SMILES string of the molecule is Cc1nc(C(=O)N(C)C(C)C(=O)O)ccc1C#N. The van der Waals surface area contributed by atoms with Gasteiger partial charge < -0.3 is 10.0 Å². The van der Waals surface area contributed by atoms with E-state index in [0.717, 1.165) is 4.90 Å². The molecule has 0 aliphatic heterocycles. The Morgan fingerprint density at radius 3 is 2.56 bits per heavy atom. The summed E-state index contributed by atoms with van der Waals surface area (Å²) in [5, 5.41) is 17.6. The smallest absolute Gasteiger partial charge is 0.326 e. The Morgan fingerprint density at radius 1 is 1.50 bits per heavy atom. The van der Waals surface area contributed by atoms with E-state index in [1.807, 2.05) is 6.07 Å². The molecule has 18 heavy (non-hydrogen) atoms. The fraction of sp³-hybridized carbons (Fsp3) is 0.333. The van der Waals surface area contributed by atoms with Gasteiger partial charge in [-0.15, -0.1) is 0 Å². The van der Waals surface area contributed by atoms with Crippen LogP contribution >= 0.6 is 0 Å². The highest BCUT2D eigenvalue weighted by molar-refractivity contribution is 5.94. The Kier molecular flexibility index (Phi) is 4.00. The van der Waals surface area contributed by atoms with Gasteiger partial charge in [-0.05, 0) is 26.0 Å². The van der Waals surface area contributed by atoms with Gasteiger partial charge >= 0.3 is 5.97 Å². The van der Waals surface area contributed by atoms with Crippen LogP contribution in [0.2, 0.25) is 0 Å². The van der Waals surface area contributed by atoms with Crippen molar-refractivity contribution >= 4 is 11.9 Å². The summed E-state index contributed by atoms with van der Waals surface area (Å²) in [5.74, 6) is -1.58. The number of amides is 1. The number of carboxylic acids is 1. The molecule has 0 spiro atoms. The molecule has 0 radical (unpaired) electrons. The van der Waals surface area contributed by atoms with Gasteiger partial charge in [0.15, 0.2) is 0 Å². The minimum atomic E-state index is -1.09. The maximum absolute atomic E-state index is 12.0. The molecule has 1 heterocycles. The highest BCUT2D eigenvalue weighted by atomic mass is 16.4. The molecule has 6 nitrogen and oxygen atoms in total. The van der Waals surface area contributed by atoms with Gasteiger partial charge in [0.05, 0.1) is 11.3 Å². The van der Waals surface area contributed by atoms with Crippen molar-refractivity contribution in [3.8, 4) is 6.07 Å². The van der Waals surface area contributed by atoms with Crippen molar-refractivity contribution in [1.29, 1.82) is 5.26 Å². The van der Waals surface area contributed by atoms with Gasteiger partial charge in [-0.2, -0.15) is 5.26 Å². The Hall–Kier alpha value is -2.42. The summed E-state index contributed by atoms with van der Waals surface area (Å²) < 4.78 is 0. The quantitative estimate of drug-likeness (QED) is 0.852. The summed E-state index contributed by atoms with van der Waals surface area (Å²) in [6, 6.07) is 3.93. The normalized spacial score (nSPS) is 11.4. The van der Waals surface area contributed by atoms with Crippen molar-refractivity contribution in [1.82, 2.24) is 9.88 Å². The van der Waals surface area contributed by atoms with E-state index in [-0.39, 0.29) is 5.69 Å². The van der Waals surface area contributed by atoms with Crippen molar-refractivity contribution in [2.45, 2.75) is 19.9 Å². The number of likely N-dealkylation sites (N-methyl/N-ethyl adjacent to an activating group) is 1. The van der Waals surface area contributed by atoms with Crippen LogP contribution in [0, 0.1) is 18.3 Å². The van der Waals surface area contributed by atoms with Crippen LogP contribution < -0.4 is 0 Å². The Morgan fingerprint density at radius 2 is 2.11 bits per heavy atom. The van der Waals surface area contributed by atoms with E-state index in [2.05, 4.69) is 4.98 Å². The minimum absolute atomic E-state index is 0.127. The Bertz CT molecular complexity index is 534. The topological polar surface area (TPSA) is 94.3 Å². The lowest BCUT2D eigenvalue weighted by molar-refractivity contribution is -0.141. The number of hydrogen-bond donors (Lipinski definition) is 1. The molecular weight excluding hydrogens is 234 g/mol. The van der Waals surface area contributed by atoms with E-state index in [0.29, 0.717) is 11.3 Å². The van der Waals surface area contributed by atoms with Gasteiger partial charge in [-0.3, -0.25) is 4.79 Å². The zero-order valence-corrected chi connectivity index (χ0v) is 10.3. The third kappa shape index (κ3) is 2.63. The molecule has 94 valence electrons. The predicted molar refractivity (Wildman–Crippen MR) is 62.9 cm³/mol. The molecule has 0 bridgehead atoms. The molecule has 0 saturated carbocycles. The molecule has 0 aliphatic carbocycles. The van der Waals surface area contributed by atoms with Crippen LogP contribution in [0.5, 0.6) is 0 Å². The largest absolute Gasteiger partial charge is 0.480 e. The number of aromatic nitrogens is 1. The summed E-state index contributed by atoms with van der Waals surface area (Å²) in [6.45, 7) is 3.03. The summed E-state index contributed by atoms with van der Waals surface area (Å²) in [4.78, 5) is 27.8. The van der Waals surface area contributed by atoms with Crippen molar-refractivity contribution in [3.63, 3.8) is 0 Å². The highest BCUT2D eigenvalue weighted by Gasteiger charge is 2.23. The van der Waals surface area contributed by atoms with Crippen LogP contribution in [0.4, 0.5) is 0 Å². The second-order valence-electron chi connectivity index (χ2n) is 3.87. The standard InChI is InChI=1S/C12H13N3O3/c1-7-9(6-13)4-5-10(14-7)11(16)15(3)8(2)12(17)18/h4-5,8H,1-3H3,(H,17,18). The second-order valence-corrected chi connectivity index (χ2v) is 3.87. The maximum Gasteiger partial charge on any atom is 0.326 e. The van der Waals surface area contributed by atoms with Crippen LogP contribution in [-0.4, -0.2) is 40.0 Å². The van der Waals surface area contributed by atoms with Gasteiger partial charge in [0.1, 0.15) is 17.8 Å². The zero-order chi connectivity index (χ0) is 13.9. The van der Waals surface area contributed by atoms with Gasteiger partial charge in [0, 0.05) is 7.05 Å². The Labute approximate surface area is 104 Å². The van der Waals surface area contributed by atoms with E-state index < -0.39 is 17.9 Å². The van der Waals surface area contributed by atoms with E-state index >= 15 is 0 Å². The van der Waals surface area contributed by atoms with Crippen molar-refractivity contribution in [3.05, 3.63) is 29.1 Å². The molecule has 1 rings (SSSR count). The highest BCUT2D eigenvalue weighted by Crippen LogP contribution is 2.09. The molecule has 0 aromatic carbocycles. The van der Waals surface area contributed by atoms with Crippen LogP contribution in [0.15, 0.2) is 12.1 Å². The first kappa shape index (κ1) is 13.6. The molecule has 1 aromatic heterocycles. The predicted octanol–water partition coefficient (Wildman–Crippen LogP) is 0.807. The van der Waals surface area contributed by atoms with Crippen molar-refractivity contribution < 1.29 is 14.7 Å². The van der Waals surface area contributed by atoms with Crippen molar-refractivity contribution in [2.24, 2.45) is 0 Å². The molecule has 6 heteroatoms. The number of aryl methyl sites for hydroxylation is 1. The lowest BCUT2D eigenvalue weighted by Crippen LogP contribution is -2.40. The molecule has 0 aliphatic rings. The molecule has 1 N–H and O–H groups in total. The van der Waals surface area contributed by atoms with Crippen LogP contribution in [0.3, 0.4) is 0 Å². The fourth-order valence-electron chi connectivity index (χ4n) is 1.32. The van der Waals surface area contributed by atoms with Crippen LogP contribution in [0.25, 0.3) is 0 Å². The number of carboxylic acid groups (broad SMARTS) is 1. The summed E-state index contributed by atoms with van der Waals surface area (Å²) in [7, 11) is 1.40. The minimum Gasteiger partial charge on any atom is -0.480 e. The summed E-state index contributed by atoms with van der Waals surface area (Å²) in [5.41, 5.74) is 0.960. The number of nitriles is 1. The number of hydrogen-bond acceptors (Lipinski definition) is 4. The molecule has 1 amide bonds. The molecule has 1 atom stereocenters. The van der Waals surface area contributed by atoms with Gasteiger partial charge in [0.2, 0.25) is 0 Å². The lowest BCUT2D eigenvalue weighted by atomic mass is 10.2. The Balaban J connectivity index is 3.02. The number of carbonyl (C=O) groups is 2. The van der Waals surface area contributed by atoms with E-state index in [1.54, 1.807) is 6.92 Å². The van der Waals surface area contributed by atoms with Crippen molar-refractivity contribution in [2.75, 3.05) is 7.05 Å². The zero-order valence-electron chi connectivity index (χ0n) is 10.3. The average Bonchev–Trinajstić information content (AvgIpc) is 2.35. The second kappa shape index (κ2) is 5.27. The number of nitrogens with zero attached hydrogens (tertiary/aromatic N) is 3. The number of carbonyl (C=O) groups excluding carboxylic acids is 1. The third-order valence-corrected chi connectivity index (χ3v) is 2.68. The van der Waals surface area contributed by atoms with Gasteiger partial charge in [0.25, 0.3) is 5.91 Å². The van der Waals surface area contributed by atoms with E-state index in [9.17, 15) is 9.59 Å². The van der Waals surface area contributed by atoms with Gasteiger partial charge in [-0.1, -0.05) is 0 Å². The van der Waals surface area contributed by atoms with Gasteiger partial charge in [-0.25, -0.2) is 9.78 Å². The summed E-state index contributed by atoms with van der Waals surface area (Å²) in [6.07, 6.45) is 0. The average molecular weight is 247 g/mol. The van der Waals surface area contributed by atoms with E-state index in [4.69, 9.17) is 10.4 Å². The third-order valence-electron chi connectivity index (χ3n) is 2.68. The first-order valence-corrected chi connectivity index (χ1v) is 5.26. The van der Waals surface area contributed by atoms with E-state index in [1.165, 1.54) is 26.1 Å². The number of pyridine rings is 1. The first-order valence-electron chi connectivity index (χ1n) is 5.26. The maximum atomic E-state index is 12.0. The molecule has 0 fully saturated rings. The lowest BCUT2D eigenvalue weighted by Gasteiger charge is -2.21. The monoisotopic (exact) mass is 247 g/mol. The molecule has 0 saturated heterocycles. The first-order chi connectivity index (χ1) is 8.38.